The van der Waals surface area contributed by atoms with Gasteiger partial charge in [-0.15, -0.1) is 11.6 Å². The Bertz CT molecular complexity index is 566. The van der Waals surface area contributed by atoms with Gasteiger partial charge in [0.25, 0.3) is 11.4 Å². The van der Waals surface area contributed by atoms with Crippen molar-refractivity contribution in [1.29, 1.82) is 0 Å². The first-order valence-electron chi connectivity index (χ1n) is 5.95. The number of hydrogen-bond donors (Lipinski definition) is 2. The lowest BCUT2D eigenvalue weighted by atomic mass is 10.1. The molecule has 1 aromatic rings. The Kier molecular flexibility index (Phi) is 6.01. The van der Waals surface area contributed by atoms with E-state index < -0.39 is 39.4 Å². The molecule has 1 aromatic carbocycles. The van der Waals surface area contributed by atoms with Gasteiger partial charge in [-0.2, -0.15) is 0 Å². The number of hydrogen-bond acceptors (Lipinski definition) is 7. The topological polar surface area (TPSA) is 147 Å². The summed E-state index contributed by atoms with van der Waals surface area (Å²) in [6.07, 6.45) is 0. The maximum atomic E-state index is 11.3. The number of halogens is 1. The fourth-order valence-electron chi connectivity index (χ4n) is 1.90. The summed E-state index contributed by atoms with van der Waals surface area (Å²) in [5.41, 5.74) is -2.36. The molecule has 0 saturated carbocycles. The highest BCUT2D eigenvalue weighted by atomic mass is 35.5. The van der Waals surface area contributed by atoms with Crippen LogP contribution in [0.3, 0.4) is 0 Å². The van der Waals surface area contributed by atoms with Crippen molar-refractivity contribution in [3.05, 3.63) is 37.9 Å². The Morgan fingerprint density at radius 2 is 1.86 bits per heavy atom. The highest BCUT2D eigenvalue weighted by molar-refractivity contribution is 6.18. The Balaban J connectivity index is 3.66. The van der Waals surface area contributed by atoms with Gasteiger partial charge in [0, 0.05) is 25.0 Å². The fraction of sp³-hybridized carbons (Fsp3) is 0.364. The number of nitrogens with zero attached hydrogens (tertiary/aromatic N) is 3. The van der Waals surface area contributed by atoms with Gasteiger partial charge in [0.1, 0.15) is 5.69 Å². The third-order valence-corrected chi connectivity index (χ3v) is 2.92. The number of alkyl halides is 1. The van der Waals surface area contributed by atoms with E-state index in [2.05, 4.69) is 0 Å². The number of aliphatic hydroxyl groups excluding tert-OH is 1. The molecule has 1 rings (SSSR count). The second kappa shape index (κ2) is 7.52. The van der Waals surface area contributed by atoms with Crippen LogP contribution < -0.4 is 4.90 Å². The third kappa shape index (κ3) is 3.80. The van der Waals surface area contributed by atoms with Crippen LogP contribution >= 0.6 is 11.6 Å². The molecule has 2 N–H and O–H groups in total. The number of nitro benzene ring substituents is 2. The summed E-state index contributed by atoms with van der Waals surface area (Å²) in [5.74, 6) is -1.54. The molecular formula is C11H12ClN3O7. The summed E-state index contributed by atoms with van der Waals surface area (Å²) < 4.78 is 0. The number of rotatable bonds is 8. The van der Waals surface area contributed by atoms with E-state index in [4.69, 9.17) is 16.7 Å². The summed E-state index contributed by atoms with van der Waals surface area (Å²) >= 11 is 5.58. The monoisotopic (exact) mass is 333 g/mol. The summed E-state index contributed by atoms with van der Waals surface area (Å²) in [4.78, 5) is 32.6. The quantitative estimate of drug-likeness (QED) is 0.410. The summed E-state index contributed by atoms with van der Waals surface area (Å²) in [6.45, 7) is -0.475. The zero-order valence-electron chi connectivity index (χ0n) is 11.1. The number of anilines is 1. The average molecular weight is 334 g/mol. The predicted molar refractivity (Wildman–Crippen MR) is 76.7 cm³/mol. The SMILES string of the molecule is O=C(O)c1cc([N+](=O)[O-])cc([N+](=O)[O-])c1N(CCO)CCCl. The van der Waals surface area contributed by atoms with E-state index in [1.54, 1.807) is 0 Å². The molecule has 0 heterocycles. The third-order valence-electron chi connectivity index (χ3n) is 2.75. The van der Waals surface area contributed by atoms with Crippen molar-refractivity contribution < 1.29 is 24.9 Å². The fourth-order valence-corrected chi connectivity index (χ4v) is 2.11. The number of carbonyl (C=O) groups is 1. The molecule has 0 aliphatic rings. The lowest BCUT2D eigenvalue weighted by Crippen LogP contribution is -2.31. The standard InChI is InChI=1S/C11H12ClN3O7/c12-1-2-13(3-4-16)10-8(11(17)18)5-7(14(19)20)6-9(10)15(21)22/h5-6,16H,1-4H2,(H,17,18). The minimum absolute atomic E-state index is 0.0210. The van der Waals surface area contributed by atoms with Gasteiger partial charge in [0.15, 0.2) is 0 Å². The van der Waals surface area contributed by atoms with Crippen LogP contribution in [0.15, 0.2) is 12.1 Å². The van der Waals surface area contributed by atoms with Crippen LogP contribution in [0.2, 0.25) is 0 Å². The Labute approximate surface area is 128 Å². The Morgan fingerprint density at radius 3 is 2.27 bits per heavy atom. The largest absolute Gasteiger partial charge is 0.478 e. The minimum atomic E-state index is -1.56. The first-order valence-corrected chi connectivity index (χ1v) is 6.48. The van der Waals surface area contributed by atoms with Crippen LogP contribution in [-0.4, -0.2) is 51.6 Å². The van der Waals surface area contributed by atoms with Crippen LogP contribution in [0, 0.1) is 20.2 Å². The van der Waals surface area contributed by atoms with Crippen molar-refractivity contribution in [3.8, 4) is 0 Å². The number of carboxylic acids is 1. The van der Waals surface area contributed by atoms with Crippen molar-refractivity contribution in [2.45, 2.75) is 0 Å². The van der Waals surface area contributed by atoms with Crippen LogP contribution in [0.25, 0.3) is 0 Å². The minimum Gasteiger partial charge on any atom is -0.478 e. The number of benzene rings is 1. The predicted octanol–water partition coefficient (Wildman–Crippen LogP) is 1.24. The summed E-state index contributed by atoms with van der Waals surface area (Å²) in [7, 11) is 0. The molecule has 0 atom stereocenters. The second-order valence-corrected chi connectivity index (χ2v) is 4.46. The number of aromatic carboxylic acids is 1. The van der Waals surface area contributed by atoms with Gasteiger partial charge < -0.3 is 15.1 Å². The van der Waals surface area contributed by atoms with Gasteiger partial charge in [-0.1, -0.05) is 0 Å². The van der Waals surface area contributed by atoms with Gasteiger partial charge in [0.05, 0.1) is 28.1 Å². The number of carboxylic acid groups (broad SMARTS) is 1. The van der Waals surface area contributed by atoms with Gasteiger partial charge in [-0.05, 0) is 0 Å². The van der Waals surface area contributed by atoms with Crippen molar-refractivity contribution in [3.63, 3.8) is 0 Å². The maximum absolute atomic E-state index is 11.3. The van der Waals surface area contributed by atoms with E-state index in [0.29, 0.717) is 6.07 Å². The Hall–Kier alpha value is -2.46. The molecule has 0 unspecified atom stereocenters. The van der Waals surface area contributed by atoms with E-state index in [1.165, 1.54) is 4.90 Å². The summed E-state index contributed by atoms with van der Waals surface area (Å²) in [5, 5.41) is 40.2. The van der Waals surface area contributed by atoms with Crippen LogP contribution in [0.1, 0.15) is 10.4 Å². The van der Waals surface area contributed by atoms with Crippen LogP contribution in [0.5, 0.6) is 0 Å². The first kappa shape index (κ1) is 17.6. The lowest BCUT2D eigenvalue weighted by Gasteiger charge is -2.24. The molecule has 10 nitrogen and oxygen atoms in total. The summed E-state index contributed by atoms with van der Waals surface area (Å²) in [6, 6.07) is 1.42. The molecular weight excluding hydrogens is 322 g/mol. The zero-order valence-corrected chi connectivity index (χ0v) is 11.9. The molecule has 120 valence electrons. The van der Waals surface area contributed by atoms with E-state index in [-0.39, 0.29) is 24.7 Å². The maximum Gasteiger partial charge on any atom is 0.338 e. The number of non-ortho nitro benzene ring substituents is 1. The highest BCUT2D eigenvalue weighted by Gasteiger charge is 2.30. The van der Waals surface area contributed by atoms with Gasteiger partial charge >= 0.3 is 5.97 Å². The van der Waals surface area contributed by atoms with Gasteiger partial charge in [0.2, 0.25) is 0 Å². The van der Waals surface area contributed by atoms with Crippen molar-refractivity contribution in [1.82, 2.24) is 0 Å². The Morgan fingerprint density at radius 1 is 1.23 bits per heavy atom. The van der Waals surface area contributed by atoms with Gasteiger partial charge in [-0.3, -0.25) is 20.2 Å². The lowest BCUT2D eigenvalue weighted by molar-refractivity contribution is -0.393. The molecule has 0 amide bonds. The van der Waals surface area contributed by atoms with Crippen LogP contribution in [-0.2, 0) is 0 Å². The normalized spacial score (nSPS) is 10.3. The number of aliphatic hydroxyl groups is 1. The molecule has 0 bridgehead atoms. The van der Waals surface area contributed by atoms with Gasteiger partial charge in [-0.25, -0.2) is 4.79 Å². The van der Waals surface area contributed by atoms with Crippen LogP contribution in [0.4, 0.5) is 17.1 Å². The highest BCUT2D eigenvalue weighted by Crippen LogP contribution is 2.36. The molecule has 0 aliphatic heterocycles. The van der Waals surface area contributed by atoms with E-state index >= 15 is 0 Å². The first-order chi connectivity index (χ1) is 10.3. The smallest absolute Gasteiger partial charge is 0.338 e. The van der Waals surface area contributed by atoms with Crippen molar-refractivity contribution in [2.24, 2.45) is 0 Å². The van der Waals surface area contributed by atoms with Crippen molar-refractivity contribution >= 4 is 34.6 Å². The van der Waals surface area contributed by atoms with E-state index in [9.17, 15) is 30.1 Å². The molecule has 0 aromatic heterocycles. The molecule has 0 aliphatic carbocycles. The molecule has 0 spiro atoms. The molecule has 22 heavy (non-hydrogen) atoms. The molecule has 11 heteroatoms. The average Bonchev–Trinajstić information content (AvgIpc) is 2.45. The van der Waals surface area contributed by atoms with E-state index in [0.717, 1.165) is 6.07 Å². The van der Waals surface area contributed by atoms with Crippen molar-refractivity contribution in [2.75, 3.05) is 30.5 Å². The second-order valence-electron chi connectivity index (χ2n) is 4.08. The molecule has 0 radical (unpaired) electrons. The number of nitro groups is 2. The zero-order chi connectivity index (χ0) is 16.9. The molecule has 0 fully saturated rings. The molecule has 0 saturated heterocycles. The van der Waals surface area contributed by atoms with E-state index in [1.807, 2.05) is 0 Å².